The number of nitrogens with two attached hydrogens (primary N) is 1. The van der Waals surface area contributed by atoms with E-state index in [0.29, 0.717) is 6.54 Å². The largest absolute Gasteiger partial charge is 0.348 e. The molecule has 0 saturated carbocycles. The van der Waals surface area contributed by atoms with Gasteiger partial charge in [0.2, 0.25) is 5.91 Å². The molecule has 0 bridgehead atoms. The number of benzene rings is 3. The minimum Gasteiger partial charge on any atom is -0.348 e. The van der Waals surface area contributed by atoms with E-state index in [1.165, 1.54) is 16.3 Å². The molecule has 1 saturated heterocycles. The fraction of sp³-hybridized carbons (Fsp3) is 0.292. The number of likely N-dealkylation sites (tertiary alicyclic amines) is 1. The number of hydrogen-bond donors (Lipinski definition) is 2. The Balaban J connectivity index is 0.00000240. The van der Waals surface area contributed by atoms with E-state index < -0.39 is 0 Å². The van der Waals surface area contributed by atoms with Gasteiger partial charge in [0.15, 0.2) is 0 Å². The molecule has 3 atom stereocenters. The van der Waals surface area contributed by atoms with Crippen molar-refractivity contribution in [2.75, 3.05) is 19.6 Å². The SMILES string of the molecule is CC(NC(=O)CN1C[C@@H](N)[C@H](c2ccccc2)C1)c1cccc2ccccc12.Cl. The van der Waals surface area contributed by atoms with Crippen molar-refractivity contribution in [2.45, 2.75) is 24.9 Å². The van der Waals surface area contributed by atoms with E-state index in [-0.39, 0.29) is 36.3 Å². The summed E-state index contributed by atoms with van der Waals surface area (Å²) in [4.78, 5) is 14.8. The van der Waals surface area contributed by atoms with Gasteiger partial charge >= 0.3 is 0 Å². The number of fused-ring (bicyclic) bond motifs is 1. The highest BCUT2D eigenvalue weighted by molar-refractivity contribution is 5.87. The lowest BCUT2D eigenvalue weighted by Crippen LogP contribution is -2.38. The minimum atomic E-state index is -0.0419. The summed E-state index contributed by atoms with van der Waals surface area (Å²) in [5.74, 6) is 0.325. The van der Waals surface area contributed by atoms with Crippen LogP contribution in [0.4, 0.5) is 0 Å². The highest BCUT2D eigenvalue weighted by atomic mass is 35.5. The predicted octanol–water partition coefficient (Wildman–Crippen LogP) is 3.87. The Morgan fingerprint density at radius 3 is 2.52 bits per heavy atom. The van der Waals surface area contributed by atoms with Crippen molar-refractivity contribution in [1.82, 2.24) is 10.2 Å². The summed E-state index contributed by atoms with van der Waals surface area (Å²) in [5.41, 5.74) is 8.76. The molecule has 0 spiro atoms. The van der Waals surface area contributed by atoms with Gasteiger partial charge in [-0.05, 0) is 28.8 Å². The monoisotopic (exact) mass is 409 g/mol. The standard InChI is InChI=1S/C24H27N3O.ClH/c1-17(20-13-7-11-18-10-5-6-12-21(18)20)26-24(28)16-27-14-22(23(25)15-27)19-8-3-2-4-9-19;/h2-13,17,22-23H,14-16,25H2,1H3,(H,26,28);1H/t17?,22-,23+;/m0./s1. The molecule has 1 amide bonds. The lowest BCUT2D eigenvalue weighted by Gasteiger charge is -2.20. The lowest BCUT2D eigenvalue weighted by molar-refractivity contribution is -0.122. The van der Waals surface area contributed by atoms with Gasteiger partial charge in [0.1, 0.15) is 0 Å². The number of hydrogen-bond acceptors (Lipinski definition) is 3. The molecule has 0 aromatic heterocycles. The Morgan fingerprint density at radius 2 is 1.72 bits per heavy atom. The molecule has 1 aliphatic rings. The Kier molecular flexibility index (Phi) is 6.91. The van der Waals surface area contributed by atoms with Crippen LogP contribution >= 0.6 is 12.4 Å². The number of nitrogens with zero attached hydrogens (tertiary/aromatic N) is 1. The van der Waals surface area contributed by atoms with E-state index in [0.717, 1.165) is 18.7 Å². The van der Waals surface area contributed by atoms with E-state index in [2.05, 4.69) is 46.6 Å². The molecule has 3 aromatic carbocycles. The zero-order valence-electron chi connectivity index (χ0n) is 16.6. The summed E-state index contributed by atoms with van der Waals surface area (Å²) >= 11 is 0. The van der Waals surface area contributed by atoms with Gasteiger partial charge in [0, 0.05) is 25.0 Å². The molecule has 5 heteroatoms. The molecule has 3 N–H and O–H groups in total. The first-order valence-electron chi connectivity index (χ1n) is 9.91. The van der Waals surface area contributed by atoms with E-state index in [1.807, 2.05) is 43.3 Å². The van der Waals surface area contributed by atoms with E-state index in [1.54, 1.807) is 0 Å². The maximum Gasteiger partial charge on any atom is 0.234 e. The fourth-order valence-corrected chi connectivity index (χ4v) is 4.29. The first kappa shape index (κ1) is 21.3. The topological polar surface area (TPSA) is 58.4 Å². The van der Waals surface area contributed by atoms with Crippen LogP contribution in [-0.2, 0) is 4.79 Å². The van der Waals surface area contributed by atoms with E-state index in [9.17, 15) is 4.79 Å². The van der Waals surface area contributed by atoms with Gasteiger partial charge in [-0.25, -0.2) is 0 Å². The van der Waals surface area contributed by atoms with Crippen LogP contribution in [0.3, 0.4) is 0 Å². The first-order valence-corrected chi connectivity index (χ1v) is 9.91. The molecule has 152 valence electrons. The zero-order valence-corrected chi connectivity index (χ0v) is 17.4. The summed E-state index contributed by atoms with van der Waals surface area (Å²) in [6.07, 6.45) is 0. The summed E-state index contributed by atoms with van der Waals surface area (Å²) in [5, 5.41) is 5.54. The Labute approximate surface area is 178 Å². The maximum atomic E-state index is 12.7. The second kappa shape index (κ2) is 9.40. The van der Waals surface area contributed by atoms with Crippen molar-refractivity contribution in [1.29, 1.82) is 0 Å². The van der Waals surface area contributed by atoms with E-state index in [4.69, 9.17) is 5.73 Å². The second-order valence-electron chi connectivity index (χ2n) is 7.73. The van der Waals surface area contributed by atoms with Gasteiger partial charge in [-0.3, -0.25) is 9.69 Å². The fourth-order valence-electron chi connectivity index (χ4n) is 4.29. The summed E-state index contributed by atoms with van der Waals surface area (Å²) in [7, 11) is 0. The highest BCUT2D eigenvalue weighted by Gasteiger charge is 2.32. The molecule has 1 aliphatic heterocycles. The highest BCUT2D eigenvalue weighted by Crippen LogP contribution is 2.27. The molecule has 1 heterocycles. The number of carbonyl (C=O) groups is 1. The van der Waals surface area contributed by atoms with Crippen molar-refractivity contribution in [3.8, 4) is 0 Å². The molecule has 1 fully saturated rings. The molecule has 4 nitrogen and oxygen atoms in total. The second-order valence-corrected chi connectivity index (χ2v) is 7.73. The molecule has 4 rings (SSSR count). The molecule has 29 heavy (non-hydrogen) atoms. The van der Waals surface area contributed by atoms with Crippen molar-refractivity contribution in [3.05, 3.63) is 83.9 Å². The van der Waals surface area contributed by atoms with Gasteiger partial charge in [0.25, 0.3) is 0 Å². The average Bonchev–Trinajstić information content (AvgIpc) is 3.08. The molecular formula is C24H28ClN3O. The molecular weight excluding hydrogens is 382 g/mol. The third kappa shape index (κ3) is 4.78. The quantitative estimate of drug-likeness (QED) is 0.672. The van der Waals surface area contributed by atoms with Crippen LogP contribution in [0.5, 0.6) is 0 Å². The van der Waals surface area contributed by atoms with Crippen LogP contribution in [0.25, 0.3) is 10.8 Å². The Morgan fingerprint density at radius 1 is 1.03 bits per heavy atom. The third-order valence-corrected chi connectivity index (χ3v) is 5.70. The number of nitrogens with one attached hydrogen (secondary N) is 1. The number of carbonyl (C=O) groups excluding carboxylic acids is 1. The Bertz CT molecular complexity index is 957. The summed E-state index contributed by atoms with van der Waals surface area (Å²) in [6.45, 7) is 3.99. The van der Waals surface area contributed by atoms with Crippen LogP contribution in [0.1, 0.15) is 30.0 Å². The van der Waals surface area contributed by atoms with Crippen LogP contribution < -0.4 is 11.1 Å². The zero-order chi connectivity index (χ0) is 19.5. The summed E-state index contributed by atoms with van der Waals surface area (Å²) in [6, 6.07) is 24.9. The predicted molar refractivity (Wildman–Crippen MR) is 121 cm³/mol. The van der Waals surface area contributed by atoms with Crippen LogP contribution in [0, 0.1) is 0 Å². The molecule has 1 unspecified atom stereocenters. The molecule has 3 aromatic rings. The number of rotatable bonds is 5. The smallest absolute Gasteiger partial charge is 0.234 e. The minimum absolute atomic E-state index is 0. The maximum absolute atomic E-state index is 12.7. The number of amides is 1. The van der Waals surface area contributed by atoms with Gasteiger partial charge in [0.05, 0.1) is 12.6 Å². The van der Waals surface area contributed by atoms with Crippen molar-refractivity contribution < 1.29 is 4.79 Å². The molecule has 0 aliphatic carbocycles. The lowest BCUT2D eigenvalue weighted by atomic mass is 9.95. The van der Waals surface area contributed by atoms with Crippen LogP contribution in [0.15, 0.2) is 72.8 Å². The summed E-state index contributed by atoms with van der Waals surface area (Å²) < 4.78 is 0. The van der Waals surface area contributed by atoms with E-state index >= 15 is 0 Å². The van der Waals surface area contributed by atoms with Gasteiger partial charge in [-0.1, -0.05) is 72.8 Å². The third-order valence-electron chi connectivity index (χ3n) is 5.70. The van der Waals surface area contributed by atoms with Crippen molar-refractivity contribution in [2.24, 2.45) is 5.73 Å². The van der Waals surface area contributed by atoms with Crippen LogP contribution in [0.2, 0.25) is 0 Å². The first-order chi connectivity index (χ1) is 13.6. The van der Waals surface area contributed by atoms with Gasteiger partial charge in [-0.15, -0.1) is 12.4 Å². The van der Waals surface area contributed by atoms with Crippen LogP contribution in [-0.4, -0.2) is 36.5 Å². The van der Waals surface area contributed by atoms with Gasteiger partial charge in [-0.2, -0.15) is 0 Å². The average molecular weight is 410 g/mol. The normalized spacial score (nSPS) is 20.2. The number of halogens is 1. The van der Waals surface area contributed by atoms with Crippen molar-refractivity contribution in [3.63, 3.8) is 0 Å². The van der Waals surface area contributed by atoms with Crippen molar-refractivity contribution >= 4 is 29.1 Å². The van der Waals surface area contributed by atoms with Gasteiger partial charge < -0.3 is 11.1 Å². The Hall–Kier alpha value is -2.40. The molecule has 0 radical (unpaired) electrons.